The number of carbonyl (C=O) groups excluding carboxylic acids is 3. The van der Waals surface area contributed by atoms with Crippen LogP contribution in [0.5, 0.6) is 0 Å². The van der Waals surface area contributed by atoms with Crippen LogP contribution < -0.4 is 0 Å². The molecular formula is C26H21N3O4S. The van der Waals surface area contributed by atoms with Crippen molar-refractivity contribution in [3.05, 3.63) is 88.1 Å². The Morgan fingerprint density at radius 2 is 1.59 bits per heavy atom. The van der Waals surface area contributed by atoms with Crippen molar-refractivity contribution in [1.29, 1.82) is 0 Å². The summed E-state index contributed by atoms with van der Waals surface area (Å²) >= 11 is 1.40. The summed E-state index contributed by atoms with van der Waals surface area (Å²) < 4.78 is 5.02. The lowest BCUT2D eigenvalue weighted by Gasteiger charge is -2.08. The summed E-state index contributed by atoms with van der Waals surface area (Å²) in [6, 6.07) is 12.4. The molecular weight excluding hydrogens is 450 g/mol. The molecule has 7 nitrogen and oxygen atoms in total. The average molecular weight is 472 g/mol. The maximum absolute atomic E-state index is 12.5. The van der Waals surface area contributed by atoms with E-state index in [2.05, 4.69) is 15.0 Å². The molecule has 0 N–H and O–H groups in total. The maximum atomic E-state index is 12.5. The Kier molecular flexibility index (Phi) is 6.70. The molecule has 0 spiro atoms. The zero-order chi connectivity index (χ0) is 24.2. The lowest BCUT2D eigenvalue weighted by Crippen LogP contribution is -2.16. The van der Waals surface area contributed by atoms with E-state index in [-0.39, 0.29) is 12.0 Å². The van der Waals surface area contributed by atoms with Gasteiger partial charge in [0.1, 0.15) is 0 Å². The fourth-order valence-corrected chi connectivity index (χ4v) is 4.17. The number of rotatable bonds is 6. The van der Waals surface area contributed by atoms with E-state index in [4.69, 9.17) is 4.74 Å². The molecule has 3 aromatic heterocycles. The first-order chi connectivity index (χ1) is 16.3. The molecule has 0 bridgehead atoms. The summed E-state index contributed by atoms with van der Waals surface area (Å²) in [4.78, 5) is 50.3. The van der Waals surface area contributed by atoms with Crippen LogP contribution in [0, 0.1) is 20.8 Å². The van der Waals surface area contributed by atoms with Crippen LogP contribution in [0.3, 0.4) is 0 Å². The van der Waals surface area contributed by atoms with Gasteiger partial charge in [0.25, 0.3) is 0 Å². The minimum atomic E-state index is -0.724. The van der Waals surface area contributed by atoms with Crippen molar-refractivity contribution in [3.8, 4) is 21.6 Å². The third-order valence-electron chi connectivity index (χ3n) is 5.32. The molecule has 0 aliphatic carbocycles. The number of hydrogen-bond donors (Lipinski definition) is 0. The average Bonchev–Trinajstić information content (AvgIpc) is 3.32. The van der Waals surface area contributed by atoms with Crippen LogP contribution >= 0.6 is 11.3 Å². The number of benzene rings is 1. The van der Waals surface area contributed by atoms with Gasteiger partial charge in [-0.05, 0) is 56.7 Å². The van der Waals surface area contributed by atoms with Crippen molar-refractivity contribution in [1.82, 2.24) is 15.0 Å². The predicted molar refractivity (Wildman–Crippen MR) is 129 cm³/mol. The highest BCUT2D eigenvalue weighted by Gasteiger charge is 2.17. The first-order valence-corrected chi connectivity index (χ1v) is 11.3. The van der Waals surface area contributed by atoms with Crippen LogP contribution in [0.25, 0.3) is 21.6 Å². The van der Waals surface area contributed by atoms with E-state index in [0.29, 0.717) is 16.3 Å². The first-order valence-electron chi connectivity index (χ1n) is 10.5. The van der Waals surface area contributed by atoms with Gasteiger partial charge in [0.05, 0.1) is 39.6 Å². The van der Waals surface area contributed by atoms with Crippen molar-refractivity contribution in [2.75, 3.05) is 0 Å². The summed E-state index contributed by atoms with van der Waals surface area (Å²) in [5.41, 5.74) is 5.54. The molecule has 34 heavy (non-hydrogen) atoms. The highest BCUT2D eigenvalue weighted by Crippen LogP contribution is 2.30. The van der Waals surface area contributed by atoms with E-state index < -0.39 is 11.9 Å². The Morgan fingerprint density at radius 1 is 0.882 bits per heavy atom. The van der Waals surface area contributed by atoms with Crippen molar-refractivity contribution in [2.45, 2.75) is 27.2 Å². The van der Waals surface area contributed by atoms with Crippen molar-refractivity contribution < 1.29 is 19.1 Å². The maximum Gasteiger partial charge on any atom is 0.345 e. The number of aldehydes is 1. The van der Waals surface area contributed by atoms with Gasteiger partial charge in [0.15, 0.2) is 6.29 Å². The molecule has 1 aromatic carbocycles. The number of carbonyl (C=O) groups is 3. The van der Waals surface area contributed by atoms with E-state index in [1.165, 1.54) is 11.3 Å². The minimum Gasteiger partial charge on any atom is -0.389 e. The summed E-state index contributed by atoms with van der Waals surface area (Å²) in [5, 5.41) is 0. The van der Waals surface area contributed by atoms with Gasteiger partial charge >= 0.3 is 11.9 Å². The molecule has 0 aliphatic rings. The Balaban J connectivity index is 1.45. The Bertz CT molecular complexity index is 1390. The minimum absolute atomic E-state index is 0.128. The number of pyridine rings is 1. The molecule has 0 amide bonds. The summed E-state index contributed by atoms with van der Waals surface area (Å²) in [5.74, 6) is -1.41. The lowest BCUT2D eigenvalue weighted by atomic mass is 10.0. The second-order valence-electron chi connectivity index (χ2n) is 7.72. The number of nitrogens with zero attached hydrogens (tertiary/aromatic N) is 3. The fraction of sp³-hybridized carbons (Fsp3) is 0.154. The van der Waals surface area contributed by atoms with E-state index in [9.17, 15) is 14.4 Å². The highest BCUT2D eigenvalue weighted by molar-refractivity contribution is 7.17. The largest absolute Gasteiger partial charge is 0.389 e. The predicted octanol–water partition coefficient (Wildman–Crippen LogP) is 4.93. The number of ether oxygens (including phenoxy) is 1. The molecule has 8 heteroatoms. The number of aromatic nitrogens is 3. The third kappa shape index (κ3) is 5.13. The van der Waals surface area contributed by atoms with Gasteiger partial charge < -0.3 is 4.74 Å². The van der Waals surface area contributed by atoms with Crippen molar-refractivity contribution in [2.24, 2.45) is 0 Å². The van der Waals surface area contributed by atoms with Gasteiger partial charge in [-0.25, -0.2) is 4.79 Å². The van der Waals surface area contributed by atoms with Gasteiger partial charge in [0, 0.05) is 28.4 Å². The van der Waals surface area contributed by atoms with Gasteiger partial charge in [-0.2, -0.15) is 0 Å². The SMILES string of the molecule is Cc1nc(C)c(CC(=O)OC(=O)c2ccc(-c3cncc(-c4ccc(C=O)s4)c3)cc2)nc1C. The highest BCUT2D eigenvalue weighted by atomic mass is 32.1. The molecule has 4 rings (SSSR count). The molecule has 3 heterocycles. The molecule has 0 saturated carbocycles. The zero-order valence-electron chi connectivity index (χ0n) is 18.9. The number of thiophene rings is 1. The van der Waals surface area contributed by atoms with Crippen molar-refractivity contribution >= 4 is 29.6 Å². The molecule has 4 aromatic rings. The zero-order valence-corrected chi connectivity index (χ0v) is 19.7. The van der Waals surface area contributed by atoms with Crippen LogP contribution in [0.15, 0.2) is 54.9 Å². The molecule has 0 radical (unpaired) electrons. The Morgan fingerprint density at radius 3 is 2.29 bits per heavy atom. The van der Waals surface area contributed by atoms with E-state index in [1.807, 2.05) is 26.0 Å². The molecule has 0 saturated heterocycles. The molecule has 170 valence electrons. The Hall–Kier alpha value is -4.04. The number of aryl methyl sites for hydroxylation is 3. The van der Waals surface area contributed by atoms with Crippen LogP contribution in [0.2, 0.25) is 0 Å². The standard InChI is InChI=1S/C26H21N3O4S/c1-15-16(2)29-23(17(3)28-15)11-25(31)33-26(32)19-6-4-18(5-7-19)20-10-21(13-27-12-20)24-9-8-22(14-30)34-24/h4-10,12-14H,11H2,1-3H3. The number of esters is 2. The number of hydrogen-bond acceptors (Lipinski definition) is 8. The summed E-state index contributed by atoms with van der Waals surface area (Å²) in [7, 11) is 0. The van der Waals surface area contributed by atoms with E-state index in [0.717, 1.165) is 39.2 Å². The first kappa shape index (κ1) is 23.1. The lowest BCUT2D eigenvalue weighted by molar-refractivity contribution is -0.137. The molecule has 0 unspecified atom stereocenters. The monoisotopic (exact) mass is 471 g/mol. The Labute approximate surface area is 200 Å². The fourth-order valence-electron chi connectivity index (χ4n) is 3.37. The topological polar surface area (TPSA) is 99.1 Å². The molecule has 0 aliphatic heterocycles. The quantitative estimate of drug-likeness (QED) is 0.223. The van der Waals surface area contributed by atoms with Crippen LogP contribution in [-0.2, 0) is 16.0 Å². The smallest absolute Gasteiger partial charge is 0.345 e. The van der Waals surface area contributed by atoms with Crippen LogP contribution in [-0.4, -0.2) is 33.2 Å². The van der Waals surface area contributed by atoms with E-state index in [1.54, 1.807) is 49.6 Å². The van der Waals surface area contributed by atoms with Crippen LogP contribution in [0.4, 0.5) is 0 Å². The van der Waals surface area contributed by atoms with Crippen molar-refractivity contribution in [3.63, 3.8) is 0 Å². The van der Waals surface area contributed by atoms with E-state index >= 15 is 0 Å². The summed E-state index contributed by atoms with van der Waals surface area (Å²) in [6.45, 7) is 5.44. The molecule has 0 atom stereocenters. The van der Waals surface area contributed by atoms with Gasteiger partial charge in [-0.15, -0.1) is 11.3 Å². The van der Waals surface area contributed by atoms with Gasteiger partial charge in [-0.1, -0.05) is 12.1 Å². The second-order valence-corrected chi connectivity index (χ2v) is 8.84. The summed E-state index contributed by atoms with van der Waals surface area (Å²) in [6.07, 6.45) is 4.16. The molecule has 0 fully saturated rings. The van der Waals surface area contributed by atoms with Gasteiger partial charge in [0.2, 0.25) is 0 Å². The second kappa shape index (κ2) is 9.84. The third-order valence-corrected chi connectivity index (χ3v) is 6.38. The van der Waals surface area contributed by atoms with Gasteiger partial charge in [-0.3, -0.25) is 24.5 Å². The normalized spacial score (nSPS) is 10.7. The van der Waals surface area contributed by atoms with Crippen LogP contribution in [0.1, 0.15) is 42.8 Å².